The second kappa shape index (κ2) is 5.86. The summed E-state index contributed by atoms with van der Waals surface area (Å²) in [5, 5.41) is 0. The van der Waals surface area contributed by atoms with Gasteiger partial charge in [0.1, 0.15) is 4.75 Å². The van der Waals surface area contributed by atoms with E-state index < -0.39 is 14.8 Å². The number of benzene rings is 1. The molecule has 0 N–H and O–H groups in total. The molecule has 1 saturated heterocycles. The van der Waals surface area contributed by atoms with Crippen molar-refractivity contribution in [3.8, 4) is 0 Å². The summed E-state index contributed by atoms with van der Waals surface area (Å²) in [4.78, 5) is 14.3. The van der Waals surface area contributed by atoms with Crippen LogP contribution in [0.1, 0.15) is 41.8 Å². The number of rotatable bonds is 3. The van der Waals surface area contributed by atoms with Crippen molar-refractivity contribution < 1.29 is 17.6 Å². The van der Waals surface area contributed by atoms with Crippen LogP contribution in [0.4, 0.5) is 5.69 Å². The molecule has 1 aromatic heterocycles. The molecule has 2 fully saturated rings. The van der Waals surface area contributed by atoms with Crippen molar-refractivity contribution >= 4 is 21.6 Å². The van der Waals surface area contributed by atoms with Crippen molar-refractivity contribution in [2.45, 2.75) is 30.4 Å². The molecule has 2 aliphatic heterocycles. The van der Waals surface area contributed by atoms with Crippen molar-refractivity contribution in [3.05, 3.63) is 54.0 Å². The summed E-state index contributed by atoms with van der Waals surface area (Å²) in [6, 6.07) is 11.0. The van der Waals surface area contributed by atoms with Gasteiger partial charge in [0.2, 0.25) is 10.0 Å². The number of fused-ring (bicyclic) bond motifs is 2. The highest BCUT2D eigenvalue weighted by atomic mass is 32.2. The topological polar surface area (TPSA) is 70.8 Å². The molecule has 142 valence electrons. The summed E-state index contributed by atoms with van der Waals surface area (Å²) in [5.41, 5.74) is 1.73. The summed E-state index contributed by atoms with van der Waals surface area (Å²) >= 11 is 0. The number of anilines is 1. The van der Waals surface area contributed by atoms with E-state index in [0.29, 0.717) is 44.2 Å². The average molecular weight is 386 g/mol. The van der Waals surface area contributed by atoms with Crippen molar-refractivity contribution in [2.75, 3.05) is 23.9 Å². The van der Waals surface area contributed by atoms with E-state index in [1.807, 2.05) is 24.3 Å². The number of amides is 1. The second-order valence-electron chi connectivity index (χ2n) is 7.76. The van der Waals surface area contributed by atoms with Gasteiger partial charge in [0.15, 0.2) is 5.76 Å². The number of likely N-dealkylation sites (tertiary alicyclic amines) is 1. The third-order valence-electron chi connectivity index (χ3n) is 6.16. The molecular formula is C20H22N2O4S. The van der Waals surface area contributed by atoms with Gasteiger partial charge in [-0.25, -0.2) is 8.42 Å². The SMILES string of the molecule is O=C(c1ccco1)N1CCC2(CC1)c1ccccc1N(CC1CC1)S2(=O)=O. The van der Waals surface area contributed by atoms with Gasteiger partial charge in [0, 0.05) is 19.6 Å². The number of sulfonamides is 1. The Hall–Kier alpha value is -2.28. The van der Waals surface area contributed by atoms with Crippen LogP contribution in [0.2, 0.25) is 0 Å². The molecule has 7 heteroatoms. The lowest BCUT2D eigenvalue weighted by Crippen LogP contribution is -2.50. The van der Waals surface area contributed by atoms with Gasteiger partial charge >= 0.3 is 0 Å². The highest BCUT2D eigenvalue weighted by Crippen LogP contribution is 2.53. The van der Waals surface area contributed by atoms with Crippen LogP contribution < -0.4 is 4.31 Å². The maximum atomic E-state index is 13.6. The number of piperidine rings is 1. The Morgan fingerprint density at radius 3 is 2.52 bits per heavy atom. The molecule has 0 unspecified atom stereocenters. The molecule has 3 heterocycles. The Kier molecular flexibility index (Phi) is 3.66. The summed E-state index contributed by atoms with van der Waals surface area (Å²) in [6.07, 6.45) is 4.52. The normalized spacial score (nSPS) is 22.8. The van der Waals surface area contributed by atoms with Crippen LogP contribution in [0, 0.1) is 5.92 Å². The van der Waals surface area contributed by atoms with Gasteiger partial charge in [-0.2, -0.15) is 0 Å². The van der Waals surface area contributed by atoms with E-state index in [-0.39, 0.29) is 5.91 Å². The minimum absolute atomic E-state index is 0.173. The van der Waals surface area contributed by atoms with Gasteiger partial charge in [0.05, 0.1) is 12.0 Å². The van der Waals surface area contributed by atoms with E-state index >= 15 is 0 Å². The number of para-hydroxylation sites is 1. The van der Waals surface area contributed by atoms with Crippen LogP contribution >= 0.6 is 0 Å². The molecule has 27 heavy (non-hydrogen) atoms. The molecule has 6 nitrogen and oxygen atoms in total. The van der Waals surface area contributed by atoms with Crippen molar-refractivity contribution in [2.24, 2.45) is 5.92 Å². The van der Waals surface area contributed by atoms with Gasteiger partial charge in [0.25, 0.3) is 5.91 Å². The van der Waals surface area contributed by atoms with Gasteiger partial charge in [-0.15, -0.1) is 0 Å². The molecule has 2 aromatic rings. The predicted octanol–water partition coefficient (Wildman–Crippen LogP) is 2.97. The van der Waals surface area contributed by atoms with Crippen LogP contribution in [0.25, 0.3) is 0 Å². The standard InChI is InChI=1S/C20H22N2O4S/c23-19(18-6-3-13-26-18)21-11-9-20(10-12-21)16-4-1-2-5-17(16)22(27(20,24)25)14-15-7-8-15/h1-6,13,15H,7-12,14H2. The number of carbonyl (C=O) groups is 1. The summed E-state index contributed by atoms with van der Waals surface area (Å²) < 4.78 is 33.1. The second-order valence-corrected chi connectivity index (χ2v) is 9.93. The highest BCUT2D eigenvalue weighted by Gasteiger charge is 2.57. The summed E-state index contributed by atoms with van der Waals surface area (Å²) in [7, 11) is -3.50. The van der Waals surface area contributed by atoms with E-state index in [1.54, 1.807) is 21.3 Å². The fourth-order valence-electron chi connectivity index (χ4n) is 4.44. The molecular weight excluding hydrogens is 364 g/mol. The molecule has 1 spiro atoms. The first-order valence-electron chi connectivity index (χ1n) is 9.47. The van der Waals surface area contributed by atoms with Crippen LogP contribution in [-0.2, 0) is 14.8 Å². The molecule has 1 amide bonds. The van der Waals surface area contributed by atoms with E-state index in [0.717, 1.165) is 24.1 Å². The highest BCUT2D eigenvalue weighted by molar-refractivity contribution is 7.94. The first-order valence-corrected chi connectivity index (χ1v) is 10.9. The minimum Gasteiger partial charge on any atom is -0.459 e. The molecule has 1 saturated carbocycles. The van der Waals surface area contributed by atoms with Gasteiger partial charge in [-0.3, -0.25) is 9.10 Å². The number of hydrogen-bond acceptors (Lipinski definition) is 4. The number of hydrogen-bond donors (Lipinski definition) is 0. The number of furan rings is 1. The Bertz CT molecular complexity index is 971. The zero-order chi connectivity index (χ0) is 18.6. The number of nitrogens with zero attached hydrogens (tertiary/aromatic N) is 2. The monoisotopic (exact) mass is 386 g/mol. The first-order chi connectivity index (χ1) is 13.0. The maximum Gasteiger partial charge on any atom is 0.289 e. The third kappa shape index (κ3) is 2.44. The van der Waals surface area contributed by atoms with Gasteiger partial charge in [-0.05, 0) is 55.4 Å². The van der Waals surface area contributed by atoms with Crippen LogP contribution in [0.15, 0.2) is 47.1 Å². The Morgan fingerprint density at radius 2 is 1.85 bits per heavy atom. The predicted molar refractivity (Wildman–Crippen MR) is 101 cm³/mol. The quantitative estimate of drug-likeness (QED) is 0.813. The average Bonchev–Trinajstić information content (AvgIpc) is 3.30. The zero-order valence-corrected chi connectivity index (χ0v) is 15.8. The third-order valence-corrected chi connectivity index (χ3v) is 8.70. The van der Waals surface area contributed by atoms with Gasteiger partial charge < -0.3 is 9.32 Å². The molecule has 1 aliphatic carbocycles. The van der Waals surface area contributed by atoms with Crippen molar-refractivity contribution in [1.29, 1.82) is 0 Å². The first kappa shape index (κ1) is 16.9. The molecule has 0 radical (unpaired) electrons. The van der Waals surface area contributed by atoms with E-state index in [1.165, 1.54) is 6.26 Å². The largest absolute Gasteiger partial charge is 0.459 e. The molecule has 3 aliphatic rings. The van der Waals surface area contributed by atoms with Gasteiger partial charge in [-0.1, -0.05) is 18.2 Å². The van der Waals surface area contributed by atoms with E-state index in [4.69, 9.17) is 4.42 Å². The maximum absolute atomic E-state index is 13.6. The lowest BCUT2D eigenvalue weighted by Gasteiger charge is -2.38. The lowest BCUT2D eigenvalue weighted by molar-refractivity contribution is 0.0668. The summed E-state index contributed by atoms with van der Waals surface area (Å²) in [6.45, 7) is 1.39. The Labute approximate surface area is 158 Å². The molecule has 0 atom stereocenters. The van der Waals surface area contributed by atoms with Crippen LogP contribution in [-0.4, -0.2) is 38.9 Å². The minimum atomic E-state index is -3.50. The smallest absolute Gasteiger partial charge is 0.289 e. The van der Waals surface area contributed by atoms with E-state index in [9.17, 15) is 13.2 Å². The van der Waals surface area contributed by atoms with Crippen molar-refractivity contribution in [3.63, 3.8) is 0 Å². The zero-order valence-electron chi connectivity index (χ0n) is 15.0. The molecule has 1 aromatic carbocycles. The summed E-state index contributed by atoms with van der Waals surface area (Å²) in [5.74, 6) is 0.605. The Balaban J connectivity index is 1.46. The van der Waals surface area contributed by atoms with Crippen molar-refractivity contribution in [1.82, 2.24) is 4.90 Å². The number of carbonyl (C=O) groups excluding carboxylic acids is 1. The Morgan fingerprint density at radius 1 is 1.11 bits per heavy atom. The molecule has 0 bridgehead atoms. The fraction of sp³-hybridized carbons (Fsp3) is 0.450. The van der Waals surface area contributed by atoms with E-state index in [2.05, 4.69) is 0 Å². The van der Waals surface area contributed by atoms with Crippen LogP contribution in [0.3, 0.4) is 0 Å². The molecule has 5 rings (SSSR count). The fourth-order valence-corrected chi connectivity index (χ4v) is 6.84. The van der Waals surface area contributed by atoms with Crippen LogP contribution in [0.5, 0.6) is 0 Å². The lowest BCUT2D eigenvalue weighted by atomic mass is 9.87.